The highest BCUT2D eigenvalue weighted by atomic mass is 32.1. The number of fused-ring (bicyclic) bond motifs is 8. The van der Waals surface area contributed by atoms with Crippen molar-refractivity contribution in [3.63, 3.8) is 0 Å². The maximum absolute atomic E-state index is 6.41. The largest absolute Gasteiger partial charge is 0.455 e. The number of hydrogen-bond donors (Lipinski definition) is 0. The molecule has 0 aliphatic carbocycles. The van der Waals surface area contributed by atoms with Crippen molar-refractivity contribution in [1.29, 1.82) is 0 Å². The van der Waals surface area contributed by atoms with Gasteiger partial charge >= 0.3 is 0 Å². The second kappa shape index (κ2) is 8.29. The van der Waals surface area contributed by atoms with Crippen molar-refractivity contribution in [3.8, 4) is 22.3 Å². The first kappa shape index (κ1) is 22.0. The first-order valence-electron chi connectivity index (χ1n) is 13.6. The van der Waals surface area contributed by atoms with Gasteiger partial charge in [-0.2, -0.15) is 0 Å². The van der Waals surface area contributed by atoms with Crippen LogP contribution in [-0.4, -0.2) is 0 Å². The quantitative estimate of drug-likeness (QED) is 0.204. The van der Waals surface area contributed by atoms with Crippen LogP contribution in [0.25, 0.3) is 86.6 Å². The Bertz CT molecular complexity index is 2380. The van der Waals surface area contributed by atoms with Crippen molar-refractivity contribution in [2.75, 3.05) is 0 Å². The summed E-state index contributed by atoms with van der Waals surface area (Å²) in [6, 6.07) is 46.2. The van der Waals surface area contributed by atoms with E-state index >= 15 is 0 Å². The second-order valence-electron chi connectivity index (χ2n) is 10.5. The van der Waals surface area contributed by atoms with E-state index in [1.807, 2.05) is 6.07 Å². The Morgan fingerprint density at radius 1 is 0.450 bits per heavy atom. The average Bonchev–Trinajstić information content (AvgIpc) is 3.65. The van der Waals surface area contributed by atoms with Crippen LogP contribution in [0.2, 0.25) is 0 Å². The van der Waals surface area contributed by atoms with Gasteiger partial charge in [-0.15, -0.1) is 11.3 Å². The summed E-state index contributed by atoms with van der Waals surface area (Å²) in [5, 5.41) is 13.3. The number of para-hydroxylation sites is 1. The van der Waals surface area contributed by atoms with Crippen LogP contribution < -0.4 is 0 Å². The van der Waals surface area contributed by atoms with E-state index in [1.165, 1.54) is 70.0 Å². The zero-order chi connectivity index (χ0) is 26.2. The number of rotatable bonds is 2. The van der Waals surface area contributed by atoms with Crippen LogP contribution >= 0.6 is 11.3 Å². The highest BCUT2D eigenvalue weighted by molar-refractivity contribution is 7.18. The van der Waals surface area contributed by atoms with Crippen LogP contribution in [0.1, 0.15) is 0 Å². The Balaban J connectivity index is 1.45. The fourth-order valence-corrected chi connectivity index (χ4v) is 7.49. The molecule has 2 heterocycles. The molecular formula is C38H22OS. The van der Waals surface area contributed by atoms with Crippen molar-refractivity contribution >= 4 is 75.7 Å². The molecule has 0 amide bonds. The molecule has 2 heteroatoms. The summed E-state index contributed by atoms with van der Waals surface area (Å²) in [5.74, 6) is 0. The fraction of sp³-hybridized carbons (Fsp3) is 0. The van der Waals surface area contributed by atoms with E-state index < -0.39 is 0 Å². The van der Waals surface area contributed by atoms with Crippen molar-refractivity contribution in [2.45, 2.75) is 0 Å². The molecule has 2 aromatic heterocycles. The minimum absolute atomic E-state index is 0.934. The lowest BCUT2D eigenvalue weighted by Gasteiger charge is -2.18. The molecule has 9 rings (SSSR count). The summed E-state index contributed by atoms with van der Waals surface area (Å²) in [7, 11) is 0. The van der Waals surface area contributed by atoms with Gasteiger partial charge in [-0.1, -0.05) is 103 Å². The molecule has 0 spiro atoms. The molecule has 0 unspecified atom stereocenters. The summed E-state index contributed by atoms with van der Waals surface area (Å²) in [6.45, 7) is 0. The van der Waals surface area contributed by atoms with E-state index in [9.17, 15) is 0 Å². The summed E-state index contributed by atoms with van der Waals surface area (Å²) in [5.41, 5.74) is 7.00. The van der Waals surface area contributed by atoms with Crippen LogP contribution in [0.3, 0.4) is 0 Å². The van der Waals surface area contributed by atoms with Crippen molar-refractivity contribution < 1.29 is 4.42 Å². The first-order chi connectivity index (χ1) is 19.8. The monoisotopic (exact) mass is 526 g/mol. The van der Waals surface area contributed by atoms with Crippen LogP contribution in [0, 0.1) is 0 Å². The molecular weight excluding hydrogens is 504 g/mol. The molecule has 9 aromatic rings. The molecule has 0 saturated carbocycles. The van der Waals surface area contributed by atoms with E-state index in [2.05, 4.69) is 127 Å². The topological polar surface area (TPSA) is 13.1 Å². The molecule has 0 atom stereocenters. The lowest BCUT2D eigenvalue weighted by molar-refractivity contribution is 0.673. The second-order valence-corrected chi connectivity index (χ2v) is 11.4. The molecule has 0 fully saturated rings. The van der Waals surface area contributed by atoms with Crippen molar-refractivity contribution in [2.24, 2.45) is 0 Å². The SMILES string of the molecule is c1ccc2cc(-c3c4ccccc4c(-c4cc5c6ccccc6oc5c5ccsc45)c4ccccc34)ccc2c1. The van der Waals surface area contributed by atoms with Crippen molar-refractivity contribution in [3.05, 3.63) is 133 Å². The zero-order valence-corrected chi connectivity index (χ0v) is 22.3. The highest BCUT2D eigenvalue weighted by Gasteiger charge is 2.21. The molecule has 0 saturated heterocycles. The summed E-state index contributed by atoms with van der Waals surface area (Å²) in [4.78, 5) is 0. The number of benzene rings is 7. The van der Waals surface area contributed by atoms with Crippen LogP contribution in [-0.2, 0) is 0 Å². The van der Waals surface area contributed by atoms with Crippen LogP contribution in [0.5, 0.6) is 0 Å². The standard InChI is InChI=1S/C38H22OS/c1-2-10-24-21-25(18-17-23(24)9-1)35-27-12-3-5-14-29(27)36(30-15-6-4-13-28(30)35)33-22-32-26-11-7-8-16-34(26)39-37(32)31-19-20-40-38(31)33/h1-22H. The van der Waals surface area contributed by atoms with Crippen LogP contribution in [0.4, 0.5) is 0 Å². The normalized spacial score (nSPS) is 12.0. The Labute approximate surface area is 234 Å². The van der Waals surface area contributed by atoms with Gasteiger partial charge in [0.15, 0.2) is 0 Å². The third kappa shape index (κ3) is 3.03. The number of furan rings is 1. The Kier molecular flexibility index (Phi) is 4.55. The van der Waals surface area contributed by atoms with Gasteiger partial charge in [-0.3, -0.25) is 0 Å². The average molecular weight is 527 g/mol. The van der Waals surface area contributed by atoms with Crippen LogP contribution in [0.15, 0.2) is 137 Å². The first-order valence-corrected chi connectivity index (χ1v) is 14.5. The summed E-state index contributed by atoms with van der Waals surface area (Å²) < 4.78 is 7.67. The fourth-order valence-electron chi connectivity index (χ4n) is 6.58. The molecule has 0 radical (unpaired) electrons. The molecule has 0 aliphatic rings. The Morgan fingerprint density at radius 3 is 1.82 bits per heavy atom. The minimum Gasteiger partial charge on any atom is -0.455 e. The summed E-state index contributed by atoms with van der Waals surface area (Å²) in [6.07, 6.45) is 0. The number of hydrogen-bond acceptors (Lipinski definition) is 2. The molecule has 0 aliphatic heterocycles. The molecule has 186 valence electrons. The minimum atomic E-state index is 0.934. The van der Waals surface area contributed by atoms with Gasteiger partial charge in [0.1, 0.15) is 11.2 Å². The van der Waals surface area contributed by atoms with Gasteiger partial charge in [-0.05, 0) is 78.7 Å². The lowest BCUT2D eigenvalue weighted by Crippen LogP contribution is -1.91. The van der Waals surface area contributed by atoms with E-state index in [0.717, 1.165) is 16.6 Å². The van der Waals surface area contributed by atoms with E-state index in [0.29, 0.717) is 0 Å². The van der Waals surface area contributed by atoms with E-state index in [1.54, 1.807) is 11.3 Å². The molecule has 0 N–H and O–H groups in total. The van der Waals surface area contributed by atoms with Gasteiger partial charge in [-0.25, -0.2) is 0 Å². The Morgan fingerprint density at radius 2 is 1.07 bits per heavy atom. The van der Waals surface area contributed by atoms with Gasteiger partial charge < -0.3 is 4.42 Å². The molecule has 1 nitrogen and oxygen atoms in total. The van der Waals surface area contributed by atoms with Crippen molar-refractivity contribution in [1.82, 2.24) is 0 Å². The summed E-state index contributed by atoms with van der Waals surface area (Å²) >= 11 is 1.79. The smallest absolute Gasteiger partial charge is 0.144 e. The zero-order valence-electron chi connectivity index (χ0n) is 21.5. The molecule has 7 aromatic carbocycles. The predicted octanol–water partition coefficient (Wildman–Crippen LogP) is 11.6. The van der Waals surface area contributed by atoms with Gasteiger partial charge in [0.25, 0.3) is 0 Å². The lowest BCUT2D eigenvalue weighted by atomic mass is 9.85. The maximum Gasteiger partial charge on any atom is 0.144 e. The Hall–Kier alpha value is -4.92. The molecule has 0 bridgehead atoms. The van der Waals surface area contributed by atoms with Gasteiger partial charge in [0, 0.05) is 26.4 Å². The predicted molar refractivity (Wildman–Crippen MR) is 172 cm³/mol. The highest BCUT2D eigenvalue weighted by Crippen LogP contribution is 2.48. The van der Waals surface area contributed by atoms with E-state index in [4.69, 9.17) is 4.42 Å². The van der Waals surface area contributed by atoms with Gasteiger partial charge in [0.2, 0.25) is 0 Å². The number of thiophene rings is 1. The third-order valence-corrected chi connectivity index (χ3v) is 9.26. The van der Waals surface area contributed by atoms with E-state index in [-0.39, 0.29) is 0 Å². The molecule has 40 heavy (non-hydrogen) atoms. The third-order valence-electron chi connectivity index (χ3n) is 8.32. The van der Waals surface area contributed by atoms with Gasteiger partial charge in [0.05, 0.1) is 0 Å². The maximum atomic E-state index is 6.41.